The minimum atomic E-state index is 0.640. The first-order valence-corrected chi connectivity index (χ1v) is 10.6. The predicted octanol–water partition coefficient (Wildman–Crippen LogP) is 3.52. The Hall–Kier alpha value is -1.76. The molecule has 0 unspecified atom stereocenters. The number of furan rings is 1. The fourth-order valence-corrected chi connectivity index (χ4v) is 3.98. The Morgan fingerprint density at radius 2 is 2.11 bits per heavy atom. The highest BCUT2D eigenvalue weighted by Crippen LogP contribution is 2.31. The van der Waals surface area contributed by atoms with Gasteiger partial charge in [-0.3, -0.25) is 0 Å². The number of hydrogen-bond donors (Lipinski definition) is 2. The molecule has 5 nitrogen and oxygen atoms in total. The highest BCUT2D eigenvalue weighted by molar-refractivity contribution is 7.80. The molecule has 28 heavy (non-hydrogen) atoms. The quantitative estimate of drug-likeness (QED) is 0.668. The maximum atomic E-state index is 6.23. The van der Waals surface area contributed by atoms with Crippen LogP contribution < -0.4 is 15.0 Å². The van der Waals surface area contributed by atoms with Gasteiger partial charge in [-0.15, -0.1) is 0 Å². The molecule has 0 atom stereocenters. The highest BCUT2D eigenvalue weighted by atomic mass is 35.5. The summed E-state index contributed by atoms with van der Waals surface area (Å²) in [6.07, 6.45) is 5.69. The number of piperidine rings is 1. The molecule has 7 heteroatoms. The molecular weight excluding hydrogens is 394 g/mol. The second-order valence-electron chi connectivity index (χ2n) is 7.29. The second kappa shape index (κ2) is 10.1. The topological polar surface area (TPSA) is 42.1 Å². The smallest absolute Gasteiger partial charge is 0.174 e. The molecule has 1 saturated heterocycles. The van der Waals surface area contributed by atoms with E-state index >= 15 is 0 Å². The largest absolute Gasteiger partial charge is 0.495 e. The highest BCUT2D eigenvalue weighted by Gasteiger charge is 2.19. The van der Waals surface area contributed by atoms with E-state index < -0.39 is 0 Å². The molecule has 0 saturated carbocycles. The number of halogens is 1. The summed E-state index contributed by atoms with van der Waals surface area (Å²) in [5.41, 5.74) is 1.80. The molecule has 0 amide bonds. The molecule has 0 aliphatic carbocycles. The van der Waals surface area contributed by atoms with Crippen molar-refractivity contribution in [2.45, 2.75) is 32.7 Å². The first kappa shape index (κ1) is 21.0. The normalized spacial score (nSPS) is 14.7. The summed E-state index contributed by atoms with van der Waals surface area (Å²) in [7, 11) is 1.63. The van der Waals surface area contributed by atoms with Crippen molar-refractivity contribution in [1.82, 2.24) is 4.90 Å². The lowest BCUT2D eigenvalue weighted by molar-refractivity contribution is -0.904. The van der Waals surface area contributed by atoms with Crippen molar-refractivity contribution in [3.8, 4) is 5.75 Å². The van der Waals surface area contributed by atoms with Crippen molar-refractivity contribution >= 4 is 34.6 Å². The summed E-state index contributed by atoms with van der Waals surface area (Å²) in [6, 6.07) is 7.67. The Morgan fingerprint density at radius 1 is 1.32 bits per heavy atom. The van der Waals surface area contributed by atoms with Crippen LogP contribution in [0, 0.1) is 6.92 Å². The summed E-state index contributed by atoms with van der Waals surface area (Å²) in [4.78, 5) is 3.82. The SMILES string of the molecule is COc1cc(Cl)c(C)cc1NC(=S)N(CC[NH+]1CCCCC1)Cc1ccco1. The Bertz CT molecular complexity index is 776. The van der Waals surface area contributed by atoms with Gasteiger partial charge in [0.2, 0.25) is 0 Å². The van der Waals surface area contributed by atoms with Gasteiger partial charge in [0, 0.05) is 11.1 Å². The van der Waals surface area contributed by atoms with Gasteiger partial charge in [-0.05, 0) is 62.2 Å². The average molecular weight is 423 g/mol. The zero-order chi connectivity index (χ0) is 19.9. The molecule has 2 N–H and O–H groups in total. The van der Waals surface area contributed by atoms with E-state index in [1.54, 1.807) is 18.3 Å². The fourth-order valence-electron chi connectivity index (χ4n) is 3.56. The molecule has 152 valence electrons. The number of rotatable bonds is 7. The third-order valence-electron chi connectivity index (χ3n) is 5.23. The molecular formula is C21H29ClN3O2S+. The first-order chi connectivity index (χ1) is 13.6. The lowest BCUT2D eigenvalue weighted by atomic mass is 10.1. The predicted molar refractivity (Wildman–Crippen MR) is 117 cm³/mol. The number of likely N-dealkylation sites (tertiary alicyclic amines) is 1. The molecule has 0 spiro atoms. The van der Waals surface area contributed by atoms with Crippen LogP contribution in [-0.2, 0) is 6.54 Å². The molecule has 1 fully saturated rings. The molecule has 2 heterocycles. The van der Waals surface area contributed by atoms with Crippen LogP contribution in [0.3, 0.4) is 0 Å². The van der Waals surface area contributed by atoms with Crippen molar-refractivity contribution in [3.63, 3.8) is 0 Å². The Balaban J connectivity index is 1.71. The van der Waals surface area contributed by atoms with Crippen LogP contribution in [0.15, 0.2) is 34.9 Å². The Labute approximate surface area is 177 Å². The van der Waals surface area contributed by atoms with Gasteiger partial charge in [-0.25, -0.2) is 0 Å². The maximum absolute atomic E-state index is 6.23. The van der Waals surface area contributed by atoms with E-state index in [2.05, 4.69) is 10.2 Å². The van der Waals surface area contributed by atoms with Gasteiger partial charge in [0.1, 0.15) is 11.5 Å². The second-order valence-corrected chi connectivity index (χ2v) is 8.09. The number of hydrogen-bond acceptors (Lipinski definition) is 3. The van der Waals surface area contributed by atoms with Gasteiger partial charge in [0.05, 0.1) is 51.8 Å². The third kappa shape index (κ3) is 5.63. The zero-order valence-electron chi connectivity index (χ0n) is 16.6. The van der Waals surface area contributed by atoms with E-state index in [4.69, 9.17) is 33.0 Å². The van der Waals surface area contributed by atoms with Crippen LogP contribution in [0.4, 0.5) is 5.69 Å². The van der Waals surface area contributed by atoms with Crippen LogP contribution in [0.1, 0.15) is 30.6 Å². The lowest BCUT2D eigenvalue weighted by Gasteiger charge is -2.29. The summed E-state index contributed by atoms with van der Waals surface area (Å²) in [5, 5.41) is 4.69. The van der Waals surface area contributed by atoms with Gasteiger partial charge in [-0.2, -0.15) is 0 Å². The van der Waals surface area contributed by atoms with Crippen molar-refractivity contribution in [1.29, 1.82) is 0 Å². The lowest BCUT2D eigenvalue weighted by Crippen LogP contribution is -3.13. The van der Waals surface area contributed by atoms with Gasteiger partial charge in [0.25, 0.3) is 0 Å². The van der Waals surface area contributed by atoms with Crippen molar-refractivity contribution in [2.75, 3.05) is 38.6 Å². The fraction of sp³-hybridized carbons (Fsp3) is 0.476. The molecule has 1 aromatic heterocycles. The van der Waals surface area contributed by atoms with Crippen LogP contribution >= 0.6 is 23.8 Å². The monoisotopic (exact) mass is 422 g/mol. The number of benzene rings is 1. The van der Waals surface area contributed by atoms with Crippen molar-refractivity contribution in [3.05, 3.63) is 46.9 Å². The summed E-state index contributed by atoms with van der Waals surface area (Å²) in [6.45, 7) is 7.05. The average Bonchev–Trinajstić information content (AvgIpc) is 3.21. The zero-order valence-corrected chi connectivity index (χ0v) is 18.2. The molecule has 0 bridgehead atoms. The van der Waals surface area contributed by atoms with Crippen molar-refractivity contribution in [2.24, 2.45) is 0 Å². The number of methoxy groups -OCH3 is 1. The Morgan fingerprint density at radius 3 is 2.79 bits per heavy atom. The van der Waals surface area contributed by atoms with E-state index in [0.29, 0.717) is 22.4 Å². The number of aryl methyl sites for hydroxylation is 1. The molecule has 1 aromatic carbocycles. The number of anilines is 1. The maximum Gasteiger partial charge on any atom is 0.174 e. The van der Waals surface area contributed by atoms with Crippen LogP contribution in [0.5, 0.6) is 5.75 Å². The molecule has 1 aliphatic rings. The van der Waals surface area contributed by atoms with Crippen LogP contribution in [-0.4, -0.2) is 43.3 Å². The number of nitrogens with zero attached hydrogens (tertiary/aromatic N) is 1. The van der Waals surface area contributed by atoms with E-state index in [0.717, 1.165) is 30.1 Å². The number of quaternary nitrogens is 1. The Kier molecular flexibility index (Phi) is 7.59. The molecule has 3 rings (SSSR count). The first-order valence-electron chi connectivity index (χ1n) is 9.83. The van der Waals surface area contributed by atoms with Gasteiger partial charge in [0.15, 0.2) is 5.11 Å². The molecule has 0 radical (unpaired) electrons. The molecule has 1 aliphatic heterocycles. The van der Waals surface area contributed by atoms with Gasteiger partial charge < -0.3 is 24.3 Å². The van der Waals surface area contributed by atoms with Gasteiger partial charge >= 0.3 is 0 Å². The number of nitrogens with one attached hydrogen (secondary N) is 2. The van der Waals surface area contributed by atoms with Crippen LogP contribution in [0.25, 0.3) is 0 Å². The summed E-state index contributed by atoms with van der Waals surface area (Å²) in [5.74, 6) is 1.58. The standard InChI is InChI=1S/C21H28ClN3O2S/c1-16-13-19(20(26-2)14-18(16)22)23-21(28)25(15-17-7-6-12-27-17)11-10-24-8-4-3-5-9-24/h6-7,12-14H,3-5,8-11,15H2,1-2H3,(H,23,28)/p+1. The third-order valence-corrected chi connectivity index (χ3v) is 6.00. The molecule has 2 aromatic rings. The van der Waals surface area contributed by atoms with E-state index in [1.807, 2.05) is 31.2 Å². The van der Waals surface area contributed by atoms with E-state index in [9.17, 15) is 0 Å². The number of ether oxygens (including phenoxy) is 1. The van der Waals surface area contributed by atoms with E-state index in [-0.39, 0.29) is 0 Å². The van der Waals surface area contributed by atoms with E-state index in [1.165, 1.54) is 32.4 Å². The van der Waals surface area contributed by atoms with Crippen molar-refractivity contribution < 1.29 is 14.1 Å². The minimum absolute atomic E-state index is 0.640. The minimum Gasteiger partial charge on any atom is -0.495 e. The number of thiocarbonyl (C=S) groups is 1. The summed E-state index contributed by atoms with van der Waals surface area (Å²) >= 11 is 12.0. The van der Waals surface area contributed by atoms with Crippen LogP contribution in [0.2, 0.25) is 5.02 Å². The summed E-state index contributed by atoms with van der Waals surface area (Å²) < 4.78 is 11.0. The van der Waals surface area contributed by atoms with Gasteiger partial charge in [-0.1, -0.05) is 11.6 Å².